The van der Waals surface area contributed by atoms with E-state index in [9.17, 15) is 19.5 Å². The highest BCUT2D eigenvalue weighted by Gasteiger charge is 2.21. The molecule has 74 heavy (non-hydrogen) atoms. The summed E-state index contributed by atoms with van der Waals surface area (Å²) in [4.78, 5) is 37.3. The molecule has 2 atom stereocenters. The smallest absolute Gasteiger partial charge is 0.306 e. The maximum absolute atomic E-state index is 12.8. The van der Waals surface area contributed by atoms with Gasteiger partial charge in [-0.1, -0.05) is 273 Å². The van der Waals surface area contributed by atoms with Gasteiger partial charge >= 0.3 is 11.9 Å². The average molecular weight is 1040 g/mol. The predicted molar refractivity (Wildman–Crippen MR) is 311 cm³/mol. The summed E-state index contributed by atoms with van der Waals surface area (Å²) in [5.74, 6) is -2.39. The Morgan fingerprint density at radius 2 is 0.770 bits per heavy atom. The minimum Gasteiger partial charge on any atom is -0.545 e. The van der Waals surface area contributed by atoms with Crippen molar-refractivity contribution in [3.63, 3.8) is 0 Å². The molecule has 0 saturated heterocycles. The molecule has 0 saturated carbocycles. The van der Waals surface area contributed by atoms with Crippen molar-refractivity contribution in [2.75, 3.05) is 47.5 Å². The summed E-state index contributed by atoms with van der Waals surface area (Å²) in [6.07, 6.45) is 70.0. The molecule has 0 aliphatic carbocycles. The number of hydrogen-bond acceptors (Lipinski definition) is 8. The molecule has 0 rings (SSSR count). The molecule has 0 aliphatic heterocycles. The molecule has 0 spiro atoms. The van der Waals surface area contributed by atoms with Gasteiger partial charge in [0.2, 0.25) is 0 Å². The maximum atomic E-state index is 12.8. The fraction of sp³-hybridized carbons (Fsp3) is 0.769. The number of carbonyl (C=O) groups excluding carboxylic acids is 3. The predicted octanol–water partition coefficient (Wildman–Crippen LogP) is 16.8. The van der Waals surface area contributed by atoms with Gasteiger partial charge in [-0.05, 0) is 51.4 Å². The molecule has 0 N–H and O–H groups in total. The zero-order chi connectivity index (χ0) is 54.1. The van der Waals surface area contributed by atoms with Crippen LogP contribution < -0.4 is 5.11 Å². The number of carboxylic acid groups (broad SMARTS) is 1. The first-order valence-electron chi connectivity index (χ1n) is 30.6. The van der Waals surface area contributed by atoms with Crippen LogP contribution >= 0.6 is 0 Å². The van der Waals surface area contributed by atoms with Crippen LogP contribution in [0.2, 0.25) is 0 Å². The number of allylic oxidation sites excluding steroid dienone is 12. The van der Waals surface area contributed by atoms with Crippen molar-refractivity contribution in [1.82, 2.24) is 0 Å². The highest BCUT2D eigenvalue weighted by atomic mass is 16.7. The molecule has 0 bridgehead atoms. The molecule has 0 fully saturated rings. The van der Waals surface area contributed by atoms with Gasteiger partial charge in [0.05, 0.1) is 40.3 Å². The number of likely N-dealkylation sites (N-methyl/N-ethyl adjacent to an activating group) is 1. The summed E-state index contributed by atoms with van der Waals surface area (Å²) in [7, 11) is 5.90. The topological polar surface area (TPSA) is 111 Å². The molecule has 9 heteroatoms. The molecule has 0 aromatic carbocycles. The van der Waals surface area contributed by atoms with Crippen LogP contribution in [0.5, 0.6) is 0 Å². The molecule has 428 valence electrons. The van der Waals surface area contributed by atoms with Crippen molar-refractivity contribution >= 4 is 17.9 Å². The van der Waals surface area contributed by atoms with E-state index >= 15 is 0 Å². The van der Waals surface area contributed by atoms with E-state index in [-0.39, 0.29) is 38.6 Å². The number of quaternary nitrogens is 1. The third-order valence-corrected chi connectivity index (χ3v) is 13.2. The monoisotopic (exact) mass is 1040 g/mol. The van der Waals surface area contributed by atoms with E-state index in [4.69, 9.17) is 18.9 Å². The van der Waals surface area contributed by atoms with Crippen LogP contribution in [0.25, 0.3) is 0 Å². The van der Waals surface area contributed by atoms with Crippen LogP contribution in [0.3, 0.4) is 0 Å². The van der Waals surface area contributed by atoms with Crippen molar-refractivity contribution < 1.29 is 42.9 Å². The lowest BCUT2D eigenvalue weighted by Crippen LogP contribution is -2.44. The molecule has 0 radical (unpaired) electrons. The van der Waals surface area contributed by atoms with Crippen LogP contribution in [0.4, 0.5) is 0 Å². The Bertz CT molecular complexity index is 1440. The Morgan fingerprint density at radius 3 is 1.12 bits per heavy atom. The lowest BCUT2D eigenvalue weighted by atomic mass is 10.0. The Balaban J connectivity index is 4.19. The van der Waals surface area contributed by atoms with E-state index in [1.807, 2.05) is 33.3 Å². The van der Waals surface area contributed by atoms with Crippen LogP contribution in [-0.4, -0.2) is 82.3 Å². The van der Waals surface area contributed by atoms with Crippen molar-refractivity contribution in [2.24, 2.45) is 0 Å². The highest BCUT2D eigenvalue weighted by molar-refractivity contribution is 5.70. The zero-order valence-electron chi connectivity index (χ0n) is 48.7. The largest absolute Gasteiger partial charge is 0.545 e. The van der Waals surface area contributed by atoms with Gasteiger partial charge in [0.25, 0.3) is 0 Å². The first-order chi connectivity index (χ1) is 36.1. The Labute approximate surface area is 456 Å². The molecular formula is C65H115NO8. The van der Waals surface area contributed by atoms with Gasteiger partial charge in [0.1, 0.15) is 13.2 Å². The first kappa shape index (κ1) is 70.7. The number of ether oxygens (including phenoxy) is 4. The fourth-order valence-corrected chi connectivity index (χ4v) is 8.56. The number of carboxylic acids is 1. The summed E-state index contributed by atoms with van der Waals surface area (Å²) in [6.45, 7) is 4.57. The normalized spacial score (nSPS) is 13.3. The summed E-state index contributed by atoms with van der Waals surface area (Å²) < 4.78 is 22.6. The third kappa shape index (κ3) is 56.5. The second-order valence-corrected chi connectivity index (χ2v) is 21.6. The van der Waals surface area contributed by atoms with Crippen LogP contribution in [0, 0.1) is 0 Å². The minimum absolute atomic E-state index is 0.121. The number of carbonyl (C=O) groups is 3. The van der Waals surface area contributed by atoms with Gasteiger partial charge in [-0.15, -0.1) is 0 Å². The fourth-order valence-electron chi connectivity index (χ4n) is 8.56. The number of aliphatic carboxylic acids is 1. The van der Waals surface area contributed by atoms with Crippen LogP contribution in [0.1, 0.15) is 264 Å². The molecule has 0 aromatic rings. The van der Waals surface area contributed by atoms with Gasteiger partial charge in [-0.2, -0.15) is 0 Å². The van der Waals surface area contributed by atoms with Gasteiger partial charge in [0, 0.05) is 12.8 Å². The summed E-state index contributed by atoms with van der Waals surface area (Å²) in [5, 5.41) is 11.8. The van der Waals surface area contributed by atoms with Gasteiger partial charge in [0.15, 0.2) is 12.4 Å². The second-order valence-electron chi connectivity index (χ2n) is 21.6. The number of esters is 2. The summed E-state index contributed by atoms with van der Waals surface area (Å²) >= 11 is 0. The Hall–Kier alpha value is -3.27. The standard InChI is InChI=1S/C65H115NO8/c1-6-8-10-12-14-16-18-20-22-24-26-27-28-29-30-31-32-33-34-35-36-38-39-41-43-45-47-49-51-53-55-62(67)72-59-61(60-73-65(64(69)70)71-58-57-66(3,4)5)74-63(68)56-54-52-50-48-46-44-42-40-37-25-23-21-19-17-15-13-11-9-7-2/h9,11,15,17,21,23,37,40,44,46,50,52,61,65H,6-8,10,12-14,16,18-20,22,24-36,38-39,41-43,45,47-49,51,53-60H2,1-5H3/b11-9-,17-15-,23-21-,40-37-,46-44-,52-50-. The summed E-state index contributed by atoms with van der Waals surface area (Å²) in [5.41, 5.74) is 0. The Morgan fingerprint density at radius 1 is 0.419 bits per heavy atom. The van der Waals surface area contributed by atoms with Crippen LogP contribution in [-0.2, 0) is 33.3 Å². The number of unbranched alkanes of at least 4 members (excludes halogenated alkanes) is 29. The quantitative estimate of drug-likeness (QED) is 0.0195. The zero-order valence-corrected chi connectivity index (χ0v) is 48.7. The molecule has 0 amide bonds. The molecular weight excluding hydrogens is 923 g/mol. The number of nitrogens with zero attached hydrogens (tertiary/aromatic N) is 1. The molecule has 9 nitrogen and oxygen atoms in total. The van der Waals surface area contributed by atoms with E-state index < -0.39 is 24.3 Å². The lowest BCUT2D eigenvalue weighted by molar-refractivity contribution is -0.870. The van der Waals surface area contributed by atoms with Gasteiger partial charge in [-0.25, -0.2) is 0 Å². The van der Waals surface area contributed by atoms with Crippen molar-refractivity contribution in [3.05, 3.63) is 72.9 Å². The van der Waals surface area contributed by atoms with E-state index in [0.717, 1.165) is 57.8 Å². The summed E-state index contributed by atoms with van der Waals surface area (Å²) in [6, 6.07) is 0. The maximum Gasteiger partial charge on any atom is 0.306 e. The number of rotatable bonds is 56. The van der Waals surface area contributed by atoms with Gasteiger partial charge in [-0.3, -0.25) is 9.59 Å². The van der Waals surface area contributed by atoms with E-state index in [0.29, 0.717) is 17.4 Å². The highest BCUT2D eigenvalue weighted by Crippen LogP contribution is 2.17. The first-order valence-corrected chi connectivity index (χ1v) is 30.6. The molecule has 0 heterocycles. The molecule has 0 aliphatic rings. The van der Waals surface area contributed by atoms with E-state index in [1.54, 1.807) is 0 Å². The lowest BCUT2D eigenvalue weighted by Gasteiger charge is -2.26. The minimum atomic E-state index is -1.64. The van der Waals surface area contributed by atoms with Gasteiger partial charge < -0.3 is 33.3 Å². The van der Waals surface area contributed by atoms with E-state index in [2.05, 4.69) is 74.6 Å². The third-order valence-electron chi connectivity index (χ3n) is 13.2. The second kappa shape index (κ2) is 55.9. The number of hydrogen-bond donors (Lipinski definition) is 0. The van der Waals surface area contributed by atoms with Crippen molar-refractivity contribution in [2.45, 2.75) is 277 Å². The van der Waals surface area contributed by atoms with Crippen molar-refractivity contribution in [3.8, 4) is 0 Å². The van der Waals surface area contributed by atoms with E-state index in [1.165, 1.54) is 173 Å². The molecule has 0 aromatic heterocycles. The SMILES string of the molecule is CC/C=C\C/C=C\C/C=C\C/C=C\C/C=C\C/C=C\CCC(=O)OC(COC(=O)CCCCCCCCCCCCCCCCCCCCCCCCCCCCCCCC)COC(OCC[N+](C)(C)C)C(=O)[O-]. The Kier molecular flexibility index (Phi) is 53.5. The van der Waals surface area contributed by atoms with Crippen LogP contribution in [0.15, 0.2) is 72.9 Å². The average Bonchev–Trinajstić information content (AvgIpc) is 3.37. The molecule has 2 unspecified atom stereocenters. The van der Waals surface area contributed by atoms with Crippen molar-refractivity contribution in [1.29, 1.82) is 0 Å².